The standard InChI is InChI=1S/C36H38N2O2Si/c1-21-9-23(3)33(17-31(21)15-29-11-25(5)35(37-19-39)26(6)12-29)41-34-18-32(22(2)10-24(34)4)16-30-13-27(7)36(38-20-40)28(8)14-30/h9-14,17-18H,15-16,41H2,1-8H3. The molecule has 0 fully saturated rings. The van der Waals surface area contributed by atoms with Crippen LogP contribution in [0.2, 0.25) is 0 Å². The Morgan fingerprint density at radius 1 is 0.488 bits per heavy atom. The van der Waals surface area contributed by atoms with Crippen LogP contribution in [0.4, 0.5) is 11.4 Å². The molecule has 0 N–H and O–H groups in total. The zero-order valence-corrected chi connectivity index (χ0v) is 26.9. The van der Waals surface area contributed by atoms with Crippen molar-refractivity contribution in [1.29, 1.82) is 0 Å². The Balaban J connectivity index is 1.65. The van der Waals surface area contributed by atoms with Gasteiger partial charge in [0.25, 0.3) is 0 Å². The predicted octanol–water partition coefficient (Wildman–Crippen LogP) is 6.39. The van der Waals surface area contributed by atoms with Gasteiger partial charge in [-0.2, -0.15) is 9.98 Å². The molecular formula is C36H38N2O2Si. The summed E-state index contributed by atoms with van der Waals surface area (Å²) in [6.45, 7) is 16.9. The van der Waals surface area contributed by atoms with Crippen molar-refractivity contribution in [2.45, 2.75) is 68.2 Å². The molecule has 4 nitrogen and oxygen atoms in total. The molecule has 0 saturated heterocycles. The smallest absolute Gasteiger partial charge is 0.211 e. The fourth-order valence-electron chi connectivity index (χ4n) is 6.04. The van der Waals surface area contributed by atoms with E-state index in [4.69, 9.17) is 0 Å². The van der Waals surface area contributed by atoms with Crippen LogP contribution in [0.1, 0.15) is 66.8 Å². The van der Waals surface area contributed by atoms with Crippen molar-refractivity contribution in [3.8, 4) is 0 Å². The van der Waals surface area contributed by atoms with Crippen LogP contribution in [0.3, 0.4) is 0 Å². The number of rotatable bonds is 8. The summed E-state index contributed by atoms with van der Waals surface area (Å²) in [5.74, 6) is 0. The highest BCUT2D eigenvalue weighted by atomic mass is 28.2. The molecule has 0 radical (unpaired) electrons. The minimum atomic E-state index is -0.719. The second kappa shape index (κ2) is 12.6. The lowest BCUT2D eigenvalue weighted by Crippen LogP contribution is -2.32. The lowest BCUT2D eigenvalue weighted by Gasteiger charge is -2.17. The molecule has 0 atom stereocenters. The van der Waals surface area contributed by atoms with Gasteiger partial charge >= 0.3 is 0 Å². The van der Waals surface area contributed by atoms with E-state index in [1.807, 2.05) is 27.7 Å². The minimum absolute atomic E-state index is 0.719. The zero-order valence-electron chi connectivity index (χ0n) is 25.5. The maximum atomic E-state index is 10.8. The zero-order chi connectivity index (χ0) is 29.8. The van der Waals surface area contributed by atoms with E-state index in [-0.39, 0.29) is 0 Å². The number of aliphatic imine (C=N–C) groups is 2. The first-order valence-electron chi connectivity index (χ1n) is 14.0. The lowest BCUT2D eigenvalue weighted by atomic mass is 9.95. The quantitative estimate of drug-likeness (QED) is 0.143. The SMILES string of the molecule is Cc1cc(C)c([SiH2]c2cc(Cc3cc(C)c(N=C=O)c(C)c3)c(C)cc2C)cc1Cc1cc(C)c(N=C=O)c(C)c1. The van der Waals surface area contributed by atoms with Gasteiger partial charge in [0.1, 0.15) is 0 Å². The summed E-state index contributed by atoms with van der Waals surface area (Å²) in [6, 6.07) is 18.1. The van der Waals surface area contributed by atoms with Gasteiger partial charge in [-0.15, -0.1) is 0 Å². The summed E-state index contributed by atoms with van der Waals surface area (Å²) in [4.78, 5) is 29.5. The minimum Gasteiger partial charge on any atom is -0.211 e. The van der Waals surface area contributed by atoms with Crippen molar-refractivity contribution in [2.24, 2.45) is 9.98 Å². The molecule has 0 heterocycles. The molecule has 0 amide bonds. The van der Waals surface area contributed by atoms with Crippen LogP contribution < -0.4 is 10.4 Å². The Bertz CT molecular complexity index is 1580. The molecule has 0 spiro atoms. The Morgan fingerprint density at radius 3 is 1.15 bits per heavy atom. The highest BCUT2D eigenvalue weighted by molar-refractivity contribution is 6.68. The summed E-state index contributed by atoms with van der Waals surface area (Å²) < 4.78 is 0. The second-order valence-corrected chi connectivity index (χ2v) is 13.4. The Kier molecular flexibility index (Phi) is 9.15. The predicted molar refractivity (Wildman–Crippen MR) is 173 cm³/mol. The number of hydrogen-bond donors (Lipinski definition) is 0. The van der Waals surface area contributed by atoms with Crippen molar-refractivity contribution in [2.75, 3.05) is 0 Å². The van der Waals surface area contributed by atoms with Gasteiger partial charge in [0, 0.05) is 0 Å². The van der Waals surface area contributed by atoms with Crippen LogP contribution >= 0.6 is 0 Å². The maximum absolute atomic E-state index is 10.8. The second-order valence-electron chi connectivity index (χ2n) is 11.5. The summed E-state index contributed by atoms with van der Waals surface area (Å²) >= 11 is 0. The largest absolute Gasteiger partial charge is 0.240 e. The lowest BCUT2D eigenvalue weighted by molar-refractivity contribution is 0.564. The molecule has 0 aromatic heterocycles. The summed E-state index contributed by atoms with van der Waals surface area (Å²) in [7, 11) is -0.719. The molecule has 0 bridgehead atoms. The van der Waals surface area contributed by atoms with E-state index < -0.39 is 9.52 Å². The molecule has 0 aliphatic heterocycles. The average molecular weight is 559 g/mol. The van der Waals surface area contributed by atoms with Gasteiger partial charge in [0.15, 0.2) is 0 Å². The van der Waals surface area contributed by atoms with Crippen molar-refractivity contribution < 1.29 is 9.59 Å². The molecule has 4 aromatic rings. The van der Waals surface area contributed by atoms with Gasteiger partial charge in [0.05, 0.1) is 20.9 Å². The summed E-state index contributed by atoms with van der Waals surface area (Å²) in [6.07, 6.45) is 5.06. The number of nitrogens with zero attached hydrogens (tertiary/aromatic N) is 2. The van der Waals surface area contributed by atoms with Gasteiger partial charge in [0.2, 0.25) is 12.2 Å². The normalized spacial score (nSPS) is 11.0. The van der Waals surface area contributed by atoms with E-state index in [0.29, 0.717) is 0 Å². The first kappa shape index (κ1) is 29.8. The molecule has 0 saturated carbocycles. The number of hydrogen-bond acceptors (Lipinski definition) is 4. The number of isocyanates is 2. The monoisotopic (exact) mass is 558 g/mol. The van der Waals surface area contributed by atoms with Gasteiger partial charge < -0.3 is 0 Å². The van der Waals surface area contributed by atoms with Crippen LogP contribution in [0.5, 0.6) is 0 Å². The molecule has 0 aliphatic rings. The van der Waals surface area contributed by atoms with Crippen LogP contribution in [0.25, 0.3) is 0 Å². The molecule has 4 rings (SSSR count). The van der Waals surface area contributed by atoms with Gasteiger partial charge in [-0.1, -0.05) is 70.0 Å². The average Bonchev–Trinajstić information content (AvgIpc) is 2.89. The van der Waals surface area contributed by atoms with Crippen LogP contribution in [0.15, 0.2) is 58.5 Å². The fraction of sp³-hybridized carbons (Fsp3) is 0.278. The van der Waals surface area contributed by atoms with E-state index >= 15 is 0 Å². The molecule has 0 unspecified atom stereocenters. The molecule has 0 aliphatic carbocycles. The van der Waals surface area contributed by atoms with Crippen molar-refractivity contribution in [3.63, 3.8) is 0 Å². The van der Waals surface area contributed by atoms with Crippen molar-refractivity contribution in [3.05, 3.63) is 115 Å². The van der Waals surface area contributed by atoms with Gasteiger partial charge in [-0.05, 0) is 124 Å². The molecule has 4 aromatic carbocycles. The number of aryl methyl sites for hydroxylation is 8. The van der Waals surface area contributed by atoms with E-state index in [2.05, 4.69) is 86.2 Å². The van der Waals surface area contributed by atoms with Crippen LogP contribution in [0, 0.1) is 55.4 Å². The van der Waals surface area contributed by atoms with Crippen LogP contribution in [-0.4, -0.2) is 21.7 Å². The number of benzene rings is 4. The third kappa shape index (κ3) is 6.78. The summed E-state index contributed by atoms with van der Waals surface area (Å²) in [5, 5.41) is 2.95. The topological polar surface area (TPSA) is 58.9 Å². The number of carbonyl (C=O) groups excluding carboxylic acids is 2. The van der Waals surface area contributed by atoms with E-state index in [1.54, 1.807) is 12.2 Å². The molecule has 41 heavy (non-hydrogen) atoms. The fourth-order valence-corrected chi connectivity index (χ4v) is 7.91. The van der Waals surface area contributed by atoms with Crippen LogP contribution in [-0.2, 0) is 22.4 Å². The van der Waals surface area contributed by atoms with Crippen molar-refractivity contribution >= 4 is 43.4 Å². The van der Waals surface area contributed by atoms with E-state index in [1.165, 1.54) is 54.9 Å². The Labute approximate surface area is 246 Å². The Morgan fingerprint density at radius 2 is 0.829 bits per heavy atom. The third-order valence-electron chi connectivity index (χ3n) is 8.18. The summed E-state index contributed by atoms with van der Waals surface area (Å²) in [5.41, 5.74) is 15.9. The third-order valence-corrected chi connectivity index (χ3v) is 10.5. The Hall–Kier alpha value is -4.14. The highest BCUT2D eigenvalue weighted by Gasteiger charge is 2.13. The molecule has 208 valence electrons. The molecule has 5 heteroatoms. The van der Waals surface area contributed by atoms with Gasteiger partial charge in [-0.25, -0.2) is 9.59 Å². The van der Waals surface area contributed by atoms with Gasteiger partial charge in [-0.3, -0.25) is 0 Å². The van der Waals surface area contributed by atoms with E-state index in [9.17, 15) is 9.59 Å². The maximum Gasteiger partial charge on any atom is 0.240 e. The molecular weight excluding hydrogens is 520 g/mol. The first-order valence-corrected chi connectivity index (χ1v) is 15.5. The first-order chi connectivity index (χ1) is 19.5. The van der Waals surface area contributed by atoms with E-state index in [0.717, 1.165) is 46.5 Å². The van der Waals surface area contributed by atoms with Crippen molar-refractivity contribution in [1.82, 2.24) is 0 Å². The highest BCUT2D eigenvalue weighted by Crippen LogP contribution is 2.28.